The van der Waals surface area contributed by atoms with Crippen LogP contribution in [-0.4, -0.2) is 30.8 Å². The molecule has 2 heterocycles. The van der Waals surface area contributed by atoms with E-state index in [1.165, 1.54) is 12.8 Å². The normalized spacial score (nSPS) is 39.8. The van der Waals surface area contributed by atoms with Crippen LogP contribution in [0.1, 0.15) is 26.2 Å². The summed E-state index contributed by atoms with van der Waals surface area (Å²) >= 11 is 0. The molecule has 4 nitrogen and oxygen atoms in total. The Morgan fingerprint density at radius 3 is 2.92 bits per heavy atom. The third-order valence-electron chi connectivity index (χ3n) is 2.96. The van der Waals surface area contributed by atoms with E-state index in [0.717, 1.165) is 13.0 Å². The molecule has 2 aliphatic rings. The molecule has 2 aliphatic heterocycles. The third-order valence-corrected chi connectivity index (χ3v) is 2.96. The van der Waals surface area contributed by atoms with E-state index in [-0.39, 0.29) is 11.7 Å². The molecule has 2 saturated heterocycles. The molecule has 2 atom stereocenters. The Labute approximate surface area is 78.0 Å². The minimum atomic E-state index is -0.336. The van der Waals surface area contributed by atoms with Crippen LogP contribution in [0.5, 0.6) is 0 Å². The second-order valence-corrected chi connectivity index (χ2v) is 4.06. The minimum absolute atomic E-state index is 0.283. The van der Waals surface area contributed by atoms with Crippen molar-refractivity contribution in [1.82, 2.24) is 10.6 Å². The summed E-state index contributed by atoms with van der Waals surface area (Å²) in [4.78, 5) is 10.9. The summed E-state index contributed by atoms with van der Waals surface area (Å²) in [7, 11) is 0. The van der Waals surface area contributed by atoms with Gasteiger partial charge in [0, 0.05) is 6.04 Å². The Kier molecular flexibility index (Phi) is 2.15. The van der Waals surface area contributed by atoms with Gasteiger partial charge in [-0.1, -0.05) is 6.42 Å². The Balaban J connectivity index is 2.01. The fourth-order valence-corrected chi connectivity index (χ4v) is 2.10. The number of amides is 1. The SMILES string of the molecule is CC1(C2CCCCN2)CNC(=O)O1. The Morgan fingerprint density at radius 2 is 2.38 bits per heavy atom. The van der Waals surface area contributed by atoms with E-state index in [2.05, 4.69) is 10.6 Å². The fraction of sp³-hybridized carbons (Fsp3) is 0.889. The van der Waals surface area contributed by atoms with Gasteiger partial charge in [0.1, 0.15) is 5.60 Å². The highest BCUT2D eigenvalue weighted by Crippen LogP contribution is 2.25. The van der Waals surface area contributed by atoms with Crippen molar-refractivity contribution < 1.29 is 9.53 Å². The molecule has 13 heavy (non-hydrogen) atoms. The maximum atomic E-state index is 10.9. The van der Waals surface area contributed by atoms with Gasteiger partial charge >= 0.3 is 6.09 Å². The Morgan fingerprint density at radius 1 is 1.54 bits per heavy atom. The van der Waals surface area contributed by atoms with E-state index in [1.54, 1.807) is 0 Å². The van der Waals surface area contributed by atoms with Crippen LogP contribution in [0, 0.1) is 0 Å². The molecule has 0 radical (unpaired) electrons. The molecule has 0 aliphatic carbocycles. The first kappa shape index (κ1) is 8.81. The first-order valence-corrected chi connectivity index (χ1v) is 4.91. The first-order valence-electron chi connectivity index (χ1n) is 4.91. The molecule has 0 aromatic rings. The molecule has 0 bridgehead atoms. The standard InChI is InChI=1S/C9H16N2O2/c1-9(6-11-8(12)13-9)7-4-2-3-5-10-7/h7,10H,2-6H2,1H3,(H,11,12). The van der Waals surface area contributed by atoms with Gasteiger partial charge in [-0.25, -0.2) is 4.79 Å². The van der Waals surface area contributed by atoms with E-state index in [1.807, 2.05) is 6.92 Å². The van der Waals surface area contributed by atoms with E-state index in [4.69, 9.17) is 4.74 Å². The van der Waals surface area contributed by atoms with E-state index in [0.29, 0.717) is 12.6 Å². The highest BCUT2D eigenvalue weighted by atomic mass is 16.6. The van der Waals surface area contributed by atoms with Crippen molar-refractivity contribution in [2.45, 2.75) is 37.8 Å². The summed E-state index contributed by atoms with van der Waals surface area (Å²) in [5.74, 6) is 0. The summed E-state index contributed by atoms with van der Waals surface area (Å²) in [5, 5.41) is 6.11. The number of rotatable bonds is 1. The lowest BCUT2D eigenvalue weighted by Crippen LogP contribution is -2.53. The van der Waals surface area contributed by atoms with Gasteiger partial charge in [0.15, 0.2) is 0 Å². The number of alkyl carbamates (subject to hydrolysis) is 1. The number of hydrogen-bond acceptors (Lipinski definition) is 3. The smallest absolute Gasteiger partial charge is 0.407 e. The van der Waals surface area contributed by atoms with Crippen LogP contribution in [0.15, 0.2) is 0 Å². The van der Waals surface area contributed by atoms with Gasteiger partial charge in [0.05, 0.1) is 6.54 Å². The molecule has 0 aromatic heterocycles. The molecule has 2 fully saturated rings. The number of piperidine rings is 1. The third kappa shape index (κ3) is 1.63. The van der Waals surface area contributed by atoms with Crippen LogP contribution in [0.4, 0.5) is 4.79 Å². The first-order chi connectivity index (χ1) is 6.21. The van der Waals surface area contributed by atoms with Crippen molar-refractivity contribution in [3.05, 3.63) is 0 Å². The summed E-state index contributed by atoms with van der Waals surface area (Å²) in [6.07, 6.45) is 3.28. The van der Waals surface area contributed by atoms with Crippen LogP contribution < -0.4 is 10.6 Å². The zero-order valence-corrected chi connectivity index (χ0v) is 7.93. The van der Waals surface area contributed by atoms with Crippen molar-refractivity contribution in [2.75, 3.05) is 13.1 Å². The minimum Gasteiger partial charge on any atom is -0.440 e. The van der Waals surface area contributed by atoms with Crippen molar-refractivity contribution in [3.8, 4) is 0 Å². The summed E-state index contributed by atoms with van der Waals surface area (Å²) in [5.41, 5.74) is -0.336. The van der Waals surface area contributed by atoms with Crippen LogP contribution in [-0.2, 0) is 4.74 Å². The number of ether oxygens (including phenoxy) is 1. The zero-order chi connectivity index (χ0) is 9.31. The second kappa shape index (κ2) is 3.18. The fourth-order valence-electron chi connectivity index (χ4n) is 2.10. The molecule has 0 aromatic carbocycles. The average molecular weight is 184 g/mol. The van der Waals surface area contributed by atoms with Crippen molar-refractivity contribution in [2.24, 2.45) is 0 Å². The lowest BCUT2D eigenvalue weighted by atomic mass is 9.90. The monoisotopic (exact) mass is 184 g/mol. The molecule has 0 saturated carbocycles. The number of carbonyl (C=O) groups is 1. The van der Waals surface area contributed by atoms with Gasteiger partial charge in [0.2, 0.25) is 0 Å². The Hall–Kier alpha value is -0.770. The lowest BCUT2D eigenvalue weighted by molar-refractivity contribution is 0.0304. The number of cyclic esters (lactones) is 1. The largest absolute Gasteiger partial charge is 0.440 e. The molecule has 0 spiro atoms. The van der Waals surface area contributed by atoms with Crippen LogP contribution in [0.3, 0.4) is 0 Å². The molecule has 74 valence electrons. The van der Waals surface area contributed by atoms with E-state index in [9.17, 15) is 4.79 Å². The van der Waals surface area contributed by atoms with Gasteiger partial charge in [-0.05, 0) is 26.3 Å². The number of carbonyl (C=O) groups excluding carboxylic acids is 1. The van der Waals surface area contributed by atoms with Gasteiger partial charge in [0.25, 0.3) is 0 Å². The summed E-state index contributed by atoms with van der Waals surface area (Å²) in [6.45, 7) is 3.66. The molecular formula is C9H16N2O2. The quantitative estimate of drug-likeness (QED) is 0.628. The van der Waals surface area contributed by atoms with Gasteiger partial charge < -0.3 is 15.4 Å². The summed E-state index contributed by atoms with van der Waals surface area (Å²) in [6, 6.07) is 0.320. The molecule has 2 rings (SSSR count). The molecule has 2 N–H and O–H groups in total. The highest BCUT2D eigenvalue weighted by Gasteiger charge is 2.43. The van der Waals surface area contributed by atoms with Gasteiger partial charge in [-0.2, -0.15) is 0 Å². The number of hydrogen-bond donors (Lipinski definition) is 2. The van der Waals surface area contributed by atoms with Gasteiger partial charge in [-0.15, -0.1) is 0 Å². The Bertz CT molecular complexity index is 214. The maximum absolute atomic E-state index is 10.9. The predicted molar refractivity (Wildman–Crippen MR) is 48.5 cm³/mol. The van der Waals surface area contributed by atoms with Crippen LogP contribution in [0.25, 0.3) is 0 Å². The maximum Gasteiger partial charge on any atom is 0.407 e. The topological polar surface area (TPSA) is 50.4 Å². The summed E-state index contributed by atoms with van der Waals surface area (Å²) < 4.78 is 5.28. The zero-order valence-electron chi connectivity index (χ0n) is 7.93. The lowest BCUT2D eigenvalue weighted by Gasteiger charge is -2.35. The average Bonchev–Trinajstić information content (AvgIpc) is 2.49. The van der Waals surface area contributed by atoms with Crippen molar-refractivity contribution in [3.63, 3.8) is 0 Å². The molecule has 4 heteroatoms. The molecular weight excluding hydrogens is 168 g/mol. The van der Waals surface area contributed by atoms with E-state index < -0.39 is 0 Å². The second-order valence-electron chi connectivity index (χ2n) is 4.06. The highest BCUT2D eigenvalue weighted by molar-refractivity contribution is 5.70. The van der Waals surface area contributed by atoms with Crippen molar-refractivity contribution >= 4 is 6.09 Å². The van der Waals surface area contributed by atoms with Crippen LogP contribution >= 0.6 is 0 Å². The van der Waals surface area contributed by atoms with Crippen LogP contribution in [0.2, 0.25) is 0 Å². The molecule has 2 unspecified atom stereocenters. The van der Waals surface area contributed by atoms with Gasteiger partial charge in [-0.3, -0.25) is 0 Å². The predicted octanol–water partition coefficient (Wildman–Crippen LogP) is 0.627. The van der Waals surface area contributed by atoms with Crippen molar-refractivity contribution in [1.29, 1.82) is 0 Å². The van der Waals surface area contributed by atoms with E-state index >= 15 is 0 Å². The molecule has 1 amide bonds. The number of nitrogens with one attached hydrogen (secondary N) is 2.